The summed E-state index contributed by atoms with van der Waals surface area (Å²) in [7, 11) is 0. The van der Waals surface area contributed by atoms with Crippen LogP contribution in [0.3, 0.4) is 0 Å². The van der Waals surface area contributed by atoms with Crippen LogP contribution in [-0.4, -0.2) is 56.2 Å². The van der Waals surface area contributed by atoms with Gasteiger partial charge < -0.3 is 15.4 Å². The number of benzene rings is 1. The number of halogens is 2. The summed E-state index contributed by atoms with van der Waals surface area (Å²) in [5.41, 5.74) is 5.86. The average molecular weight is 410 g/mol. The fraction of sp³-hybridized carbons (Fsp3) is 0.682. The minimum atomic E-state index is -0.788. The molecule has 1 saturated carbocycles. The molecule has 1 aliphatic carbocycles. The summed E-state index contributed by atoms with van der Waals surface area (Å²) >= 11 is 0. The summed E-state index contributed by atoms with van der Waals surface area (Å²) in [6.45, 7) is 6.57. The predicted molar refractivity (Wildman–Crippen MR) is 110 cm³/mol. The lowest BCUT2D eigenvalue weighted by Crippen LogP contribution is -2.47. The van der Waals surface area contributed by atoms with Gasteiger partial charge in [0.1, 0.15) is 6.10 Å². The van der Waals surface area contributed by atoms with Crippen molar-refractivity contribution in [2.45, 2.75) is 45.1 Å². The zero-order valence-corrected chi connectivity index (χ0v) is 17.3. The molecule has 1 aliphatic heterocycles. The Morgan fingerprint density at radius 3 is 2.48 bits per heavy atom. The molecule has 1 saturated heterocycles. The number of ether oxygens (including phenoxy) is 1. The Balaban J connectivity index is 1.39. The van der Waals surface area contributed by atoms with E-state index in [-0.39, 0.29) is 11.8 Å². The number of carbonyl (C=O) groups excluding carboxylic acids is 1. The van der Waals surface area contributed by atoms with E-state index in [0.29, 0.717) is 31.3 Å². The zero-order valence-electron chi connectivity index (χ0n) is 17.3. The molecule has 1 aromatic carbocycles. The standard InChI is InChI=1S/C22H33F2N3O2/c1-2-29-21(22(25)28)17-8-6-16(7-9-17)10-11-26-12-14-27(15-13-26)19-5-3-4-18(23)20(19)24/h3-5,16-17,21H,2,6-15H2,1H3,(H2,25,28). The molecule has 0 bridgehead atoms. The van der Waals surface area contributed by atoms with Gasteiger partial charge in [-0.15, -0.1) is 0 Å². The summed E-state index contributed by atoms with van der Waals surface area (Å²) in [6.07, 6.45) is 4.89. The average Bonchev–Trinajstić information content (AvgIpc) is 2.73. The fourth-order valence-corrected chi connectivity index (χ4v) is 4.72. The van der Waals surface area contributed by atoms with Gasteiger partial charge in [-0.3, -0.25) is 9.69 Å². The third-order valence-electron chi connectivity index (χ3n) is 6.44. The van der Waals surface area contributed by atoms with Crippen LogP contribution in [0.25, 0.3) is 0 Å². The topological polar surface area (TPSA) is 58.8 Å². The molecule has 2 N–H and O–H groups in total. The second-order valence-electron chi connectivity index (χ2n) is 8.25. The highest BCUT2D eigenvalue weighted by Gasteiger charge is 2.31. The van der Waals surface area contributed by atoms with Gasteiger partial charge in [-0.05, 0) is 56.7 Å². The smallest absolute Gasteiger partial charge is 0.246 e. The quantitative estimate of drug-likeness (QED) is 0.717. The molecule has 0 spiro atoms. The molecule has 1 amide bonds. The van der Waals surface area contributed by atoms with Crippen LogP contribution in [-0.2, 0) is 9.53 Å². The molecule has 2 aliphatic rings. The van der Waals surface area contributed by atoms with Gasteiger partial charge in [0, 0.05) is 32.8 Å². The van der Waals surface area contributed by atoms with Crippen molar-refractivity contribution in [1.29, 1.82) is 0 Å². The normalized spacial score (nSPS) is 24.4. The largest absolute Gasteiger partial charge is 0.368 e. The molecule has 0 radical (unpaired) electrons. The second-order valence-corrected chi connectivity index (χ2v) is 8.25. The zero-order chi connectivity index (χ0) is 20.8. The number of primary amides is 1. The van der Waals surface area contributed by atoms with Crippen molar-refractivity contribution < 1.29 is 18.3 Å². The molecule has 1 unspecified atom stereocenters. The van der Waals surface area contributed by atoms with E-state index >= 15 is 0 Å². The van der Waals surface area contributed by atoms with Gasteiger partial charge in [0.2, 0.25) is 5.91 Å². The Bertz CT molecular complexity index is 672. The highest BCUT2D eigenvalue weighted by Crippen LogP contribution is 2.34. The maximum absolute atomic E-state index is 14.0. The van der Waals surface area contributed by atoms with Crippen molar-refractivity contribution in [3.63, 3.8) is 0 Å². The van der Waals surface area contributed by atoms with Gasteiger partial charge in [0.25, 0.3) is 0 Å². The SMILES string of the molecule is CCOC(C(N)=O)C1CCC(CCN2CCN(c3cccc(F)c3F)CC2)CC1. The highest BCUT2D eigenvalue weighted by atomic mass is 19.2. The third-order valence-corrected chi connectivity index (χ3v) is 6.44. The Kier molecular flexibility index (Phi) is 7.84. The summed E-state index contributed by atoms with van der Waals surface area (Å²) in [4.78, 5) is 16.0. The Morgan fingerprint density at radius 2 is 1.86 bits per heavy atom. The van der Waals surface area contributed by atoms with Gasteiger partial charge in [0.05, 0.1) is 5.69 Å². The monoisotopic (exact) mass is 409 g/mol. The summed E-state index contributed by atoms with van der Waals surface area (Å²) in [5, 5.41) is 0. The fourth-order valence-electron chi connectivity index (χ4n) is 4.72. The number of anilines is 1. The molecular formula is C22H33F2N3O2. The molecule has 162 valence electrons. The molecule has 1 atom stereocenters. The first kappa shape index (κ1) is 22.0. The van der Waals surface area contributed by atoms with E-state index in [9.17, 15) is 13.6 Å². The van der Waals surface area contributed by atoms with Crippen molar-refractivity contribution in [2.75, 3.05) is 44.2 Å². The summed E-state index contributed by atoms with van der Waals surface area (Å²) in [6, 6.07) is 4.36. The number of nitrogens with two attached hydrogens (primary N) is 1. The minimum absolute atomic E-state index is 0.244. The van der Waals surface area contributed by atoms with Crippen molar-refractivity contribution in [3.05, 3.63) is 29.8 Å². The van der Waals surface area contributed by atoms with E-state index in [2.05, 4.69) is 4.90 Å². The van der Waals surface area contributed by atoms with Crippen LogP contribution in [0.4, 0.5) is 14.5 Å². The number of hydrogen-bond acceptors (Lipinski definition) is 4. The number of carbonyl (C=O) groups is 1. The summed E-state index contributed by atoms with van der Waals surface area (Å²) < 4.78 is 33.0. The van der Waals surface area contributed by atoms with Crippen LogP contribution >= 0.6 is 0 Å². The molecule has 1 heterocycles. The lowest BCUT2D eigenvalue weighted by Gasteiger charge is -2.37. The lowest BCUT2D eigenvalue weighted by molar-refractivity contribution is -0.134. The van der Waals surface area contributed by atoms with Crippen molar-refractivity contribution in [1.82, 2.24) is 4.90 Å². The van der Waals surface area contributed by atoms with Crippen LogP contribution < -0.4 is 10.6 Å². The molecule has 7 heteroatoms. The van der Waals surface area contributed by atoms with E-state index in [4.69, 9.17) is 10.5 Å². The van der Waals surface area contributed by atoms with Gasteiger partial charge in [-0.25, -0.2) is 8.78 Å². The first-order chi connectivity index (χ1) is 14.0. The van der Waals surface area contributed by atoms with Crippen molar-refractivity contribution in [2.24, 2.45) is 17.6 Å². The first-order valence-electron chi connectivity index (χ1n) is 10.8. The Labute approximate surface area is 172 Å². The van der Waals surface area contributed by atoms with Gasteiger partial charge in [-0.2, -0.15) is 0 Å². The van der Waals surface area contributed by atoms with Gasteiger partial charge >= 0.3 is 0 Å². The van der Waals surface area contributed by atoms with Crippen molar-refractivity contribution in [3.8, 4) is 0 Å². The highest BCUT2D eigenvalue weighted by molar-refractivity contribution is 5.79. The molecule has 2 fully saturated rings. The van der Waals surface area contributed by atoms with Crippen LogP contribution in [0, 0.1) is 23.5 Å². The number of rotatable bonds is 8. The van der Waals surface area contributed by atoms with E-state index < -0.39 is 17.7 Å². The maximum Gasteiger partial charge on any atom is 0.246 e. The molecule has 5 nitrogen and oxygen atoms in total. The van der Waals surface area contributed by atoms with Crippen LogP contribution in [0.5, 0.6) is 0 Å². The molecular weight excluding hydrogens is 376 g/mol. The Morgan fingerprint density at radius 1 is 1.17 bits per heavy atom. The van der Waals surface area contributed by atoms with Gasteiger partial charge in [0.15, 0.2) is 11.6 Å². The van der Waals surface area contributed by atoms with Crippen LogP contribution in [0.15, 0.2) is 18.2 Å². The molecule has 0 aromatic heterocycles. The van der Waals surface area contributed by atoms with E-state index in [1.54, 1.807) is 12.1 Å². The van der Waals surface area contributed by atoms with E-state index in [1.807, 2.05) is 11.8 Å². The molecule has 1 aromatic rings. The summed E-state index contributed by atoms with van der Waals surface area (Å²) in [5.74, 6) is -0.973. The predicted octanol–water partition coefficient (Wildman–Crippen LogP) is 3.17. The molecule has 3 rings (SSSR count). The number of hydrogen-bond donors (Lipinski definition) is 1. The maximum atomic E-state index is 14.0. The van der Waals surface area contributed by atoms with Crippen LogP contribution in [0.2, 0.25) is 0 Å². The second kappa shape index (κ2) is 10.3. The molecule has 29 heavy (non-hydrogen) atoms. The van der Waals surface area contributed by atoms with Gasteiger partial charge in [-0.1, -0.05) is 18.9 Å². The van der Waals surface area contributed by atoms with E-state index in [0.717, 1.165) is 57.8 Å². The van der Waals surface area contributed by atoms with Crippen molar-refractivity contribution >= 4 is 11.6 Å². The number of piperazine rings is 1. The lowest BCUT2D eigenvalue weighted by atomic mass is 9.78. The van der Waals surface area contributed by atoms with E-state index in [1.165, 1.54) is 0 Å². The third kappa shape index (κ3) is 5.66. The number of nitrogens with zero attached hydrogens (tertiary/aromatic N) is 2. The van der Waals surface area contributed by atoms with Crippen LogP contribution in [0.1, 0.15) is 39.0 Å². The first-order valence-corrected chi connectivity index (χ1v) is 10.8. The number of amides is 1. The Hall–Kier alpha value is -1.73. The minimum Gasteiger partial charge on any atom is -0.368 e.